The molecule has 1 aliphatic rings. The van der Waals surface area contributed by atoms with E-state index in [0.717, 1.165) is 6.42 Å². The molecule has 0 fully saturated rings. The topological polar surface area (TPSA) is 0 Å². The van der Waals surface area contributed by atoms with Gasteiger partial charge < -0.3 is 0 Å². The molecule has 0 unspecified atom stereocenters. The summed E-state index contributed by atoms with van der Waals surface area (Å²) >= 11 is 0. The van der Waals surface area contributed by atoms with Crippen LogP contribution in [0.15, 0.2) is 54.6 Å². The third-order valence-corrected chi connectivity index (χ3v) is 5.24. The molecule has 0 amide bonds. The first-order valence-corrected chi connectivity index (χ1v) is 8.64. The highest BCUT2D eigenvalue weighted by atomic mass is 14.4. The smallest absolute Gasteiger partial charge is 0.0159 e. The molecule has 4 rings (SSSR count). The van der Waals surface area contributed by atoms with Gasteiger partial charge in [-0.25, -0.2) is 0 Å². The van der Waals surface area contributed by atoms with E-state index in [0.29, 0.717) is 5.92 Å². The molecule has 0 nitrogen and oxygen atoms in total. The number of hydrogen-bond acceptors (Lipinski definition) is 0. The second kappa shape index (κ2) is 4.96. The summed E-state index contributed by atoms with van der Waals surface area (Å²) in [4.78, 5) is 0. The molecular weight excluding hydrogens is 276 g/mol. The van der Waals surface area contributed by atoms with Gasteiger partial charge in [-0.3, -0.25) is 0 Å². The lowest BCUT2D eigenvalue weighted by Gasteiger charge is -2.35. The Hall–Kier alpha value is -2.08. The first-order valence-electron chi connectivity index (χ1n) is 8.64. The Morgan fingerprint density at radius 1 is 0.826 bits per heavy atom. The van der Waals surface area contributed by atoms with Crippen LogP contribution in [0.25, 0.3) is 21.9 Å². The van der Waals surface area contributed by atoms with Gasteiger partial charge in [0, 0.05) is 5.41 Å². The zero-order chi connectivity index (χ0) is 16.2. The normalized spacial score (nSPS) is 15.0. The zero-order valence-electron chi connectivity index (χ0n) is 14.5. The fourth-order valence-corrected chi connectivity index (χ4v) is 4.20. The molecule has 23 heavy (non-hydrogen) atoms. The van der Waals surface area contributed by atoms with E-state index in [1.54, 1.807) is 0 Å². The Kier molecular flexibility index (Phi) is 3.13. The third kappa shape index (κ3) is 2.12. The van der Waals surface area contributed by atoms with Crippen LogP contribution in [0, 0.1) is 5.92 Å². The van der Waals surface area contributed by atoms with Gasteiger partial charge in [-0.1, -0.05) is 82.3 Å². The molecule has 3 aromatic rings. The van der Waals surface area contributed by atoms with E-state index < -0.39 is 0 Å². The molecular formula is C23H24. The van der Waals surface area contributed by atoms with Crippen LogP contribution >= 0.6 is 0 Å². The molecule has 0 saturated carbocycles. The maximum atomic E-state index is 2.46. The van der Waals surface area contributed by atoms with Crippen LogP contribution in [0.3, 0.4) is 0 Å². The van der Waals surface area contributed by atoms with Crippen molar-refractivity contribution in [3.05, 3.63) is 71.3 Å². The van der Waals surface area contributed by atoms with E-state index >= 15 is 0 Å². The van der Waals surface area contributed by atoms with E-state index in [-0.39, 0.29) is 5.41 Å². The lowest BCUT2D eigenvalue weighted by Crippen LogP contribution is -2.24. The van der Waals surface area contributed by atoms with Gasteiger partial charge >= 0.3 is 0 Å². The van der Waals surface area contributed by atoms with Gasteiger partial charge in [0.2, 0.25) is 0 Å². The highest BCUT2D eigenvalue weighted by Crippen LogP contribution is 2.48. The Labute approximate surface area is 139 Å². The average Bonchev–Trinajstić information content (AvgIpc) is 2.52. The van der Waals surface area contributed by atoms with Gasteiger partial charge in [-0.15, -0.1) is 0 Å². The molecule has 0 aromatic heterocycles. The van der Waals surface area contributed by atoms with Crippen molar-refractivity contribution in [1.29, 1.82) is 0 Å². The Balaban J connectivity index is 2.11. The molecule has 3 aromatic carbocycles. The Bertz CT molecular complexity index is 897. The first-order chi connectivity index (χ1) is 11.0. The molecule has 1 aliphatic carbocycles. The minimum absolute atomic E-state index is 0.0518. The second-order valence-electron chi connectivity index (χ2n) is 7.82. The number of hydrogen-bond donors (Lipinski definition) is 0. The fraction of sp³-hybridized carbons (Fsp3) is 0.304. The van der Waals surface area contributed by atoms with Crippen LogP contribution in [0.1, 0.15) is 44.4 Å². The monoisotopic (exact) mass is 300 g/mol. The predicted octanol–water partition coefficient (Wildman–Crippen LogP) is 6.34. The van der Waals surface area contributed by atoms with Crippen LogP contribution in [0.2, 0.25) is 0 Å². The van der Waals surface area contributed by atoms with Crippen molar-refractivity contribution in [1.82, 2.24) is 0 Å². The molecule has 0 heteroatoms. The molecule has 0 spiro atoms. The molecule has 0 saturated heterocycles. The maximum Gasteiger partial charge on any atom is 0.0159 e. The van der Waals surface area contributed by atoms with Crippen molar-refractivity contribution in [2.24, 2.45) is 5.92 Å². The minimum atomic E-state index is 0.0518. The van der Waals surface area contributed by atoms with Crippen LogP contribution in [0.4, 0.5) is 0 Å². The zero-order valence-corrected chi connectivity index (χ0v) is 14.5. The standard InChI is InChI=1S/C23H24/c1-15(2)12-16-13-17-8-7-10-19-18-9-5-6-11-20(18)23(3,4)21(14-16)22(17)19/h5-11,13-15H,12H2,1-4H3. The first kappa shape index (κ1) is 14.5. The summed E-state index contributed by atoms with van der Waals surface area (Å²) in [6.07, 6.45) is 1.14. The number of fused-ring (bicyclic) bond motifs is 2. The van der Waals surface area contributed by atoms with Crippen LogP contribution in [0.5, 0.6) is 0 Å². The molecule has 0 bridgehead atoms. The lowest BCUT2D eigenvalue weighted by molar-refractivity contribution is 0.630. The average molecular weight is 300 g/mol. The van der Waals surface area contributed by atoms with E-state index in [4.69, 9.17) is 0 Å². The maximum absolute atomic E-state index is 2.46. The summed E-state index contributed by atoms with van der Waals surface area (Å²) in [5.41, 5.74) is 7.24. The van der Waals surface area contributed by atoms with Gasteiger partial charge in [0.25, 0.3) is 0 Å². The predicted molar refractivity (Wildman–Crippen MR) is 100 cm³/mol. The molecule has 0 aliphatic heterocycles. The molecule has 116 valence electrons. The molecule has 0 N–H and O–H groups in total. The van der Waals surface area contributed by atoms with Gasteiger partial charge in [-0.05, 0) is 50.9 Å². The molecule has 0 atom stereocenters. The van der Waals surface area contributed by atoms with Crippen LogP contribution in [-0.2, 0) is 11.8 Å². The number of benzene rings is 3. The van der Waals surface area contributed by atoms with Crippen molar-refractivity contribution in [3.8, 4) is 11.1 Å². The van der Waals surface area contributed by atoms with Crippen molar-refractivity contribution < 1.29 is 0 Å². The van der Waals surface area contributed by atoms with Crippen LogP contribution in [-0.4, -0.2) is 0 Å². The van der Waals surface area contributed by atoms with Crippen LogP contribution < -0.4 is 0 Å². The highest BCUT2D eigenvalue weighted by molar-refractivity contribution is 6.03. The summed E-state index contributed by atoms with van der Waals surface area (Å²) in [5.74, 6) is 0.682. The van der Waals surface area contributed by atoms with Crippen molar-refractivity contribution in [2.45, 2.75) is 39.5 Å². The van der Waals surface area contributed by atoms with E-state index in [1.807, 2.05) is 0 Å². The summed E-state index contributed by atoms with van der Waals surface area (Å²) in [5, 5.41) is 2.84. The fourth-order valence-electron chi connectivity index (χ4n) is 4.20. The van der Waals surface area contributed by atoms with Gasteiger partial charge in [0.05, 0.1) is 0 Å². The van der Waals surface area contributed by atoms with Crippen molar-refractivity contribution >= 4 is 10.8 Å². The lowest BCUT2D eigenvalue weighted by atomic mass is 9.68. The number of rotatable bonds is 2. The summed E-state index contributed by atoms with van der Waals surface area (Å²) < 4.78 is 0. The minimum Gasteiger partial charge on any atom is -0.0625 e. The summed E-state index contributed by atoms with van der Waals surface area (Å²) in [6.45, 7) is 9.34. The van der Waals surface area contributed by atoms with E-state index in [2.05, 4.69) is 82.3 Å². The van der Waals surface area contributed by atoms with Gasteiger partial charge in [0.15, 0.2) is 0 Å². The quantitative estimate of drug-likeness (QED) is 0.517. The van der Waals surface area contributed by atoms with Crippen molar-refractivity contribution in [3.63, 3.8) is 0 Å². The Morgan fingerprint density at radius 2 is 1.57 bits per heavy atom. The van der Waals surface area contributed by atoms with Crippen molar-refractivity contribution in [2.75, 3.05) is 0 Å². The van der Waals surface area contributed by atoms with Gasteiger partial charge in [-0.2, -0.15) is 0 Å². The highest BCUT2D eigenvalue weighted by Gasteiger charge is 2.33. The molecule has 0 heterocycles. The van der Waals surface area contributed by atoms with Gasteiger partial charge in [0.1, 0.15) is 0 Å². The van der Waals surface area contributed by atoms with E-state index in [9.17, 15) is 0 Å². The third-order valence-electron chi connectivity index (χ3n) is 5.24. The second-order valence-corrected chi connectivity index (χ2v) is 7.82. The summed E-state index contributed by atoms with van der Waals surface area (Å²) in [7, 11) is 0. The Morgan fingerprint density at radius 3 is 2.35 bits per heavy atom. The largest absolute Gasteiger partial charge is 0.0625 e. The SMILES string of the molecule is CC(C)Cc1cc2c3c(cccc3c1)-c1ccccc1C2(C)C. The summed E-state index contributed by atoms with van der Waals surface area (Å²) in [6, 6.07) is 20.5. The molecule has 0 radical (unpaired) electrons. The van der Waals surface area contributed by atoms with E-state index in [1.165, 1.54) is 38.6 Å².